The summed E-state index contributed by atoms with van der Waals surface area (Å²) < 4.78 is 5.49. The molecule has 3 nitrogen and oxygen atoms in total. The van der Waals surface area contributed by atoms with Crippen LogP contribution in [0.2, 0.25) is 5.02 Å². The number of aliphatic hydroxyl groups is 1. The molecule has 0 saturated carbocycles. The highest BCUT2D eigenvalue weighted by Crippen LogP contribution is 2.22. The van der Waals surface area contributed by atoms with Gasteiger partial charge >= 0.3 is 0 Å². The van der Waals surface area contributed by atoms with Gasteiger partial charge in [-0.2, -0.15) is 0 Å². The van der Waals surface area contributed by atoms with Crippen molar-refractivity contribution in [2.24, 2.45) is 0 Å². The van der Waals surface area contributed by atoms with Crippen LogP contribution in [0.1, 0.15) is 26.3 Å². The maximum Gasteiger partial charge on any atom is 0.0887 e. The molecule has 0 spiro atoms. The molecule has 0 saturated heterocycles. The lowest BCUT2D eigenvalue weighted by Crippen LogP contribution is -2.40. The third kappa shape index (κ3) is 3.44. The molecule has 1 N–H and O–H groups in total. The number of ether oxygens (including phenoxy) is 1. The van der Waals surface area contributed by atoms with Crippen LogP contribution in [0.5, 0.6) is 0 Å². The second-order valence-electron chi connectivity index (χ2n) is 4.22. The first kappa shape index (κ1) is 13.4. The molecule has 0 bridgehead atoms. The van der Waals surface area contributed by atoms with E-state index in [1.165, 1.54) is 0 Å². The van der Waals surface area contributed by atoms with Crippen molar-refractivity contribution in [1.82, 2.24) is 4.98 Å². The molecular weight excluding hydrogens is 226 g/mol. The van der Waals surface area contributed by atoms with Crippen LogP contribution >= 0.6 is 11.6 Å². The SMILES string of the molecule is CCOC(C)(C)C(O)Cc1ccncc1Cl. The Morgan fingerprint density at radius 1 is 1.56 bits per heavy atom. The maximum atomic E-state index is 10.1. The summed E-state index contributed by atoms with van der Waals surface area (Å²) in [6.07, 6.45) is 3.13. The van der Waals surface area contributed by atoms with Gasteiger partial charge in [-0.1, -0.05) is 11.6 Å². The van der Waals surface area contributed by atoms with Gasteiger partial charge in [0.1, 0.15) is 0 Å². The monoisotopic (exact) mass is 243 g/mol. The van der Waals surface area contributed by atoms with E-state index in [-0.39, 0.29) is 0 Å². The van der Waals surface area contributed by atoms with Crippen molar-refractivity contribution in [2.75, 3.05) is 6.61 Å². The molecule has 90 valence electrons. The molecule has 0 aromatic carbocycles. The number of aromatic nitrogens is 1. The minimum absolute atomic E-state index is 0.467. The second kappa shape index (κ2) is 5.62. The van der Waals surface area contributed by atoms with E-state index in [0.29, 0.717) is 18.1 Å². The van der Waals surface area contributed by atoms with Crippen LogP contribution in [0.15, 0.2) is 18.5 Å². The molecule has 1 unspecified atom stereocenters. The standard InChI is InChI=1S/C12H18ClNO2/c1-4-16-12(2,3)11(15)7-9-5-6-14-8-10(9)13/h5-6,8,11,15H,4,7H2,1-3H3. The number of hydrogen-bond donors (Lipinski definition) is 1. The summed E-state index contributed by atoms with van der Waals surface area (Å²) in [7, 11) is 0. The zero-order chi connectivity index (χ0) is 12.2. The minimum Gasteiger partial charge on any atom is -0.390 e. The second-order valence-corrected chi connectivity index (χ2v) is 4.63. The average Bonchev–Trinajstić information content (AvgIpc) is 2.21. The minimum atomic E-state index is -0.590. The fourth-order valence-electron chi connectivity index (χ4n) is 1.49. The molecule has 4 heteroatoms. The Balaban J connectivity index is 2.71. The molecule has 1 aromatic heterocycles. The Labute approximate surface area is 101 Å². The first-order valence-electron chi connectivity index (χ1n) is 5.37. The van der Waals surface area contributed by atoms with Gasteiger partial charge in [0.15, 0.2) is 0 Å². The number of nitrogens with zero attached hydrogens (tertiary/aromatic N) is 1. The maximum absolute atomic E-state index is 10.1. The van der Waals surface area contributed by atoms with Gasteiger partial charge in [-0.05, 0) is 32.4 Å². The molecule has 0 radical (unpaired) electrons. The van der Waals surface area contributed by atoms with Crippen molar-refractivity contribution in [1.29, 1.82) is 0 Å². The molecule has 0 fully saturated rings. The zero-order valence-corrected chi connectivity index (χ0v) is 10.7. The topological polar surface area (TPSA) is 42.4 Å². The molecule has 0 aliphatic carbocycles. The average molecular weight is 244 g/mol. The molecular formula is C12H18ClNO2. The lowest BCUT2D eigenvalue weighted by atomic mass is 9.95. The van der Waals surface area contributed by atoms with E-state index in [9.17, 15) is 5.11 Å². The quantitative estimate of drug-likeness (QED) is 0.864. The molecule has 1 aromatic rings. The lowest BCUT2D eigenvalue weighted by molar-refractivity contribution is -0.0955. The van der Waals surface area contributed by atoms with E-state index in [1.54, 1.807) is 12.4 Å². The summed E-state index contributed by atoms with van der Waals surface area (Å²) in [4.78, 5) is 3.91. The highest BCUT2D eigenvalue weighted by atomic mass is 35.5. The smallest absolute Gasteiger partial charge is 0.0887 e. The van der Waals surface area contributed by atoms with Crippen LogP contribution < -0.4 is 0 Å². The summed E-state index contributed by atoms with van der Waals surface area (Å²) in [5.41, 5.74) is 0.318. The number of rotatable bonds is 5. The normalized spacial score (nSPS) is 13.8. The predicted molar refractivity (Wildman–Crippen MR) is 64.7 cm³/mol. The van der Waals surface area contributed by atoms with Crippen LogP contribution in [-0.2, 0) is 11.2 Å². The molecule has 0 amide bonds. The highest BCUT2D eigenvalue weighted by Gasteiger charge is 2.28. The van der Waals surface area contributed by atoms with Crippen LogP contribution in [0.4, 0.5) is 0 Å². The molecule has 0 aliphatic rings. The van der Waals surface area contributed by atoms with Crippen LogP contribution in [-0.4, -0.2) is 28.4 Å². The molecule has 1 atom stereocenters. The van der Waals surface area contributed by atoms with E-state index in [1.807, 2.05) is 26.8 Å². The van der Waals surface area contributed by atoms with Crippen LogP contribution in [0.25, 0.3) is 0 Å². The fourth-order valence-corrected chi connectivity index (χ4v) is 1.69. The summed E-state index contributed by atoms with van der Waals surface area (Å²) in [6, 6.07) is 1.81. The van der Waals surface area contributed by atoms with Crippen molar-refractivity contribution < 1.29 is 9.84 Å². The summed E-state index contributed by atoms with van der Waals surface area (Å²) in [5.74, 6) is 0. The van der Waals surface area contributed by atoms with E-state index in [2.05, 4.69) is 4.98 Å². The van der Waals surface area contributed by atoms with Gasteiger partial charge in [-0.3, -0.25) is 4.98 Å². The summed E-state index contributed by atoms with van der Waals surface area (Å²) in [5, 5.41) is 10.7. The summed E-state index contributed by atoms with van der Waals surface area (Å²) >= 11 is 5.98. The molecule has 1 heterocycles. The van der Waals surface area contributed by atoms with Gasteiger partial charge in [0.2, 0.25) is 0 Å². The predicted octanol–water partition coefficient (Wildman–Crippen LogP) is 2.45. The molecule has 0 aliphatic heterocycles. The van der Waals surface area contributed by atoms with Crippen molar-refractivity contribution >= 4 is 11.6 Å². The fraction of sp³-hybridized carbons (Fsp3) is 0.583. The van der Waals surface area contributed by atoms with Crippen LogP contribution in [0.3, 0.4) is 0 Å². The van der Waals surface area contributed by atoms with Crippen molar-refractivity contribution in [3.63, 3.8) is 0 Å². The Morgan fingerprint density at radius 3 is 2.81 bits per heavy atom. The third-order valence-electron chi connectivity index (χ3n) is 2.59. The zero-order valence-electron chi connectivity index (χ0n) is 9.90. The van der Waals surface area contributed by atoms with Crippen molar-refractivity contribution in [3.05, 3.63) is 29.0 Å². The number of pyridine rings is 1. The Bertz CT molecular complexity index is 342. The van der Waals surface area contributed by atoms with Gasteiger partial charge in [-0.25, -0.2) is 0 Å². The highest BCUT2D eigenvalue weighted by molar-refractivity contribution is 6.31. The van der Waals surface area contributed by atoms with Gasteiger partial charge in [0, 0.05) is 25.4 Å². The third-order valence-corrected chi connectivity index (χ3v) is 2.93. The van der Waals surface area contributed by atoms with Gasteiger partial charge in [0.25, 0.3) is 0 Å². The van der Waals surface area contributed by atoms with Crippen molar-refractivity contribution in [2.45, 2.75) is 38.9 Å². The lowest BCUT2D eigenvalue weighted by Gasteiger charge is -2.30. The Kier molecular flexibility index (Phi) is 4.71. The van der Waals surface area contributed by atoms with E-state index in [4.69, 9.17) is 16.3 Å². The molecule has 16 heavy (non-hydrogen) atoms. The van der Waals surface area contributed by atoms with E-state index >= 15 is 0 Å². The van der Waals surface area contributed by atoms with E-state index < -0.39 is 11.7 Å². The number of halogens is 1. The largest absolute Gasteiger partial charge is 0.390 e. The van der Waals surface area contributed by atoms with Gasteiger partial charge in [-0.15, -0.1) is 0 Å². The number of hydrogen-bond acceptors (Lipinski definition) is 3. The summed E-state index contributed by atoms with van der Waals surface area (Å²) in [6.45, 7) is 6.23. The van der Waals surface area contributed by atoms with Gasteiger partial charge in [0.05, 0.1) is 16.7 Å². The van der Waals surface area contributed by atoms with Crippen LogP contribution in [0, 0.1) is 0 Å². The Hall–Kier alpha value is -0.640. The van der Waals surface area contributed by atoms with E-state index in [0.717, 1.165) is 5.56 Å². The first-order valence-corrected chi connectivity index (χ1v) is 5.75. The Morgan fingerprint density at radius 2 is 2.25 bits per heavy atom. The first-order chi connectivity index (χ1) is 7.47. The molecule has 1 rings (SSSR count). The van der Waals surface area contributed by atoms with Gasteiger partial charge < -0.3 is 9.84 Å². The number of aliphatic hydroxyl groups excluding tert-OH is 1. The van der Waals surface area contributed by atoms with Crippen molar-refractivity contribution in [3.8, 4) is 0 Å².